The molecular weight excluding hydrogens is 175 g/mol. The third-order valence-corrected chi connectivity index (χ3v) is 2.64. The minimum atomic E-state index is 0.184. The average molecular weight is 182 g/mol. The maximum absolute atomic E-state index is 9.59. The van der Waals surface area contributed by atoms with E-state index >= 15 is 0 Å². The van der Waals surface area contributed by atoms with E-state index in [1.165, 1.54) is 0 Å². The van der Waals surface area contributed by atoms with Crippen LogP contribution in [0.2, 0.25) is 0 Å². The number of hydrogen-bond acceptors (Lipinski definition) is 2. The van der Waals surface area contributed by atoms with Gasteiger partial charge in [-0.25, -0.2) is 0 Å². The van der Waals surface area contributed by atoms with Crippen molar-refractivity contribution in [2.75, 3.05) is 0 Å². The number of hydrogen-bond donors (Lipinski definition) is 2. The third kappa shape index (κ3) is 1.66. The molecule has 2 nitrogen and oxygen atoms in total. The van der Waals surface area contributed by atoms with E-state index < -0.39 is 0 Å². The van der Waals surface area contributed by atoms with Crippen molar-refractivity contribution in [3.8, 4) is 11.5 Å². The van der Waals surface area contributed by atoms with Gasteiger partial charge in [0.15, 0.2) is 0 Å². The summed E-state index contributed by atoms with van der Waals surface area (Å²) in [6.45, 7) is 0. The van der Waals surface area contributed by atoms with Gasteiger partial charge in [-0.2, -0.15) is 0 Å². The fourth-order valence-corrected chi connectivity index (χ4v) is 2.06. The molecule has 2 aromatic carbocycles. The molecule has 0 fully saturated rings. The van der Waals surface area contributed by atoms with Crippen molar-refractivity contribution in [3.63, 3.8) is 0 Å². The minimum absolute atomic E-state index is 0.184. The number of phenols is 2. The zero-order valence-corrected chi connectivity index (χ0v) is 9.28. The SMILES string of the molecule is Oc1ccc2c[c]([Na])cc(O)c2c1. The van der Waals surface area contributed by atoms with Crippen LogP contribution in [0.3, 0.4) is 0 Å². The first kappa shape index (κ1) is 8.88. The van der Waals surface area contributed by atoms with Gasteiger partial charge in [0.05, 0.1) is 0 Å². The van der Waals surface area contributed by atoms with Crippen LogP contribution >= 0.6 is 0 Å². The molecule has 3 heteroatoms. The summed E-state index contributed by atoms with van der Waals surface area (Å²) in [5.41, 5.74) is 0. The summed E-state index contributed by atoms with van der Waals surface area (Å²) >= 11 is 0.918. The molecule has 0 aliphatic heterocycles. The Morgan fingerprint density at radius 2 is 1.77 bits per heavy atom. The molecule has 0 saturated carbocycles. The van der Waals surface area contributed by atoms with E-state index in [1.54, 1.807) is 18.2 Å². The zero-order chi connectivity index (χ0) is 9.42. The Hall–Kier alpha value is -0.700. The topological polar surface area (TPSA) is 40.5 Å². The van der Waals surface area contributed by atoms with E-state index in [0.29, 0.717) is 5.39 Å². The second-order valence-electron chi connectivity index (χ2n) is 3.19. The predicted octanol–water partition coefficient (Wildman–Crippen LogP) is 1.04. The number of rotatable bonds is 0. The van der Waals surface area contributed by atoms with Crippen molar-refractivity contribution in [2.24, 2.45) is 0 Å². The second kappa shape index (κ2) is 3.22. The van der Waals surface area contributed by atoms with Crippen molar-refractivity contribution in [1.82, 2.24) is 0 Å². The van der Waals surface area contributed by atoms with E-state index in [2.05, 4.69) is 0 Å². The molecule has 2 N–H and O–H groups in total. The first-order valence-electron chi connectivity index (χ1n) is 4.09. The maximum atomic E-state index is 9.59. The van der Waals surface area contributed by atoms with Gasteiger partial charge in [-0.1, -0.05) is 0 Å². The Kier molecular flexibility index (Phi) is 2.20. The Bertz CT molecular complexity index is 466. The molecule has 0 atom stereocenters. The van der Waals surface area contributed by atoms with Crippen LogP contribution in [0, 0.1) is 0 Å². The summed E-state index contributed by atoms with van der Waals surface area (Å²) in [5, 5.41) is 20.5. The van der Waals surface area contributed by atoms with Crippen LogP contribution in [0.4, 0.5) is 0 Å². The summed E-state index contributed by atoms with van der Waals surface area (Å²) in [7, 11) is 0. The molecule has 0 heterocycles. The van der Waals surface area contributed by atoms with Crippen molar-refractivity contribution in [3.05, 3.63) is 30.3 Å². The molecule has 0 saturated heterocycles. The molecule has 0 bridgehead atoms. The van der Waals surface area contributed by atoms with Gasteiger partial charge in [-0.05, 0) is 0 Å². The first-order chi connectivity index (χ1) is 6.16. The molecule has 0 amide bonds. The molecule has 2 rings (SSSR count). The fraction of sp³-hybridized carbons (Fsp3) is 0. The monoisotopic (exact) mass is 182 g/mol. The average Bonchev–Trinajstić information content (AvgIpc) is 2.06. The normalized spacial score (nSPS) is 10.6. The van der Waals surface area contributed by atoms with Crippen LogP contribution in [0.25, 0.3) is 10.8 Å². The van der Waals surface area contributed by atoms with Crippen LogP contribution in [-0.2, 0) is 0 Å². The molecule has 0 aliphatic carbocycles. The van der Waals surface area contributed by atoms with Gasteiger partial charge in [0.1, 0.15) is 0 Å². The molecule has 2 aromatic rings. The van der Waals surface area contributed by atoms with Crippen molar-refractivity contribution in [2.45, 2.75) is 0 Å². The summed E-state index contributed by atoms with van der Waals surface area (Å²) < 4.78 is 1.15. The van der Waals surface area contributed by atoms with E-state index in [9.17, 15) is 10.2 Å². The fourth-order valence-electron chi connectivity index (χ4n) is 1.47. The van der Waals surface area contributed by atoms with Gasteiger partial charge in [-0.3, -0.25) is 0 Å². The number of phenolic OH excluding ortho intramolecular Hbond substituents is 2. The van der Waals surface area contributed by atoms with Crippen molar-refractivity contribution < 1.29 is 10.2 Å². The summed E-state index contributed by atoms with van der Waals surface area (Å²) in [6, 6.07) is 8.79. The van der Waals surface area contributed by atoms with Crippen molar-refractivity contribution in [1.29, 1.82) is 0 Å². The molecule has 60 valence electrons. The summed E-state index contributed by atoms with van der Waals surface area (Å²) in [6.07, 6.45) is 0. The zero-order valence-electron chi connectivity index (χ0n) is 7.28. The van der Waals surface area contributed by atoms with Gasteiger partial charge < -0.3 is 0 Å². The van der Waals surface area contributed by atoms with Crippen molar-refractivity contribution >= 4 is 41.5 Å². The number of fused-ring (bicyclic) bond motifs is 1. The molecule has 0 radical (unpaired) electrons. The standard InChI is InChI=1S/C10H7O2.Na/c11-8-5-4-7-2-1-3-10(12)9(7)6-8;/h2-6,11-12H;. The Labute approximate surface area is 93.2 Å². The van der Waals surface area contributed by atoms with E-state index in [-0.39, 0.29) is 11.5 Å². The number of aromatic hydroxyl groups is 2. The predicted molar refractivity (Wildman–Crippen MR) is 52.7 cm³/mol. The summed E-state index contributed by atoms with van der Waals surface area (Å²) in [5.74, 6) is 0.433. The molecule has 0 aromatic heterocycles. The molecular formula is C10H7NaO2. The molecule has 0 unspecified atom stereocenters. The molecule has 0 spiro atoms. The van der Waals surface area contributed by atoms with Gasteiger partial charge in [0.25, 0.3) is 0 Å². The Morgan fingerprint density at radius 3 is 2.54 bits per heavy atom. The molecule has 0 aliphatic rings. The van der Waals surface area contributed by atoms with Crippen LogP contribution in [0.15, 0.2) is 30.3 Å². The van der Waals surface area contributed by atoms with Crippen LogP contribution < -0.4 is 2.81 Å². The van der Waals surface area contributed by atoms with E-state index in [0.717, 1.165) is 36.1 Å². The van der Waals surface area contributed by atoms with Crippen LogP contribution in [0.1, 0.15) is 0 Å². The van der Waals surface area contributed by atoms with Gasteiger partial charge in [0, 0.05) is 0 Å². The Balaban J connectivity index is 2.87. The van der Waals surface area contributed by atoms with Gasteiger partial charge in [0.2, 0.25) is 0 Å². The first-order valence-corrected chi connectivity index (χ1v) is 5.09. The van der Waals surface area contributed by atoms with E-state index in [1.807, 2.05) is 12.1 Å². The van der Waals surface area contributed by atoms with Gasteiger partial charge >= 0.3 is 93.6 Å². The Morgan fingerprint density at radius 1 is 1.00 bits per heavy atom. The number of benzene rings is 2. The third-order valence-electron chi connectivity index (χ3n) is 2.06. The van der Waals surface area contributed by atoms with Crippen LogP contribution in [-0.4, -0.2) is 38.1 Å². The quantitative estimate of drug-likeness (QED) is 0.598. The van der Waals surface area contributed by atoms with Crippen LogP contribution in [0.5, 0.6) is 11.5 Å². The second-order valence-corrected chi connectivity index (χ2v) is 4.34. The van der Waals surface area contributed by atoms with E-state index in [4.69, 9.17) is 0 Å². The molecule has 13 heavy (non-hydrogen) atoms. The van der Waals surface area contributed by atoms with Gasteiger partial charge in [-0.15, -0.1) is 0 Å². The summed E-state index contributed by atoms with van der Waals surface area (Å²) in [4.78, 5) is 0.